The summed E-state index contributed by atoms with van der Waals surface area (Å²) in [7, 11) is 0. The maximum Gasteiger partial charge on any atom is 0.269 e. The highest BCUT2D eigenvalue weighted by molar-refractivity contribution is 6.26. The number of hydrogen-bond donors (Lipinski definition) is 1. The van der Waals surface area contributed by atoms with E-state index in [9.17, 15) is 20.0 Å². The molecule has 6 atom stereocenters. The van der Waals surface area contributed by atoms with E-state index in [1.165, 1.54) is 12.1 Å². The van der Waals surface area contributed by atoms with Gasteiger partial charge in [0.05, 0.1) is 34.4 Å². The van der Waals surface area contributed by atoms with Crippen molar-refractivity contribution in [3.8, 4) is 0 Å². The van der Waals surface area contributed by atoms with Crippen molar-refractivity contribution in [1.82, 2.24) is 0 Å². The van der Waals surface area contributed by atoms with Gasteiger partial charge < -0.3 is 14.7 Å². The highest BCUT2D eigenvalue weighted by atomic mass is 16.6. The van der Waals surface area contributed by atoms with Crippen molar-refractivity contribution >= 4 is 17.0 Å². The highest BCUT2D eigenvalue weighted by Gasteiger charge is 2.69. The molecule has 5 rings (SSSR count). The zero-order chi connectivity index (χ0) is 22.9. The van der Waals surface area contributed by atoms with Gasteiger partial charge in [0.25, 0.3) is 11.7 Å². The number of aryl methyl sites for hydroxylation is 3. The number of carbonyl (C=O) groups excluding carboxylic acids is 1. The van der Waals surface area contributed by atoms with Gasteiger partial charge in [-0.2, -0.15) is 0 Å². The SMILES string of the molecule is [C-]#[N+][C@@H]1[C@@H]2O[C@@H]([C@H]3C(=O)C(c4c(C)cc(C)cc4C)=C(O)[C@@H]23)[C@@H]1c1ccc([N+](=O)[O-])cc1. The number of nitro benzene ring substituents is 1. The van der Waals surface area contributed by atoms with Gasteiger partial charge in [-0.25, -0.2) is 6.57 Å². The van der Waals surface area contributed by atoms with Crippen molar-refractivity contribution in [2.75, 3.05) is 0 Å². The van der Waals surface area contributed by atoms with Crippen LogP contribution in [-0.2, 0) is 9.53 Å². The molecule has 0 spiro atoms. The van der Waals surface area contributed by atoms with Crippen molar-refractivity contribution in [3.63, 3.8) is 0 Å². The predicted octanol–water partition coefficient (Wildman–Crippen LogP) is 4.46. The van der Waals surface area contributed by atoms with Gasteiger partial charge >= 0.3 is 0 Å². The number of aliphatic hydroxyl groups is 1. The third-order valence-electron chi connectivity index (χ3n) is 7.15. The normalized spacial score (nSPS) is 30.5. The van der Waals surface area contributed by atoms with Crippen LogP contribution < -0.4 is 0 Å². The number of non-ortho nitro benzene ring substituents is 1. The molecule has 162 valence electrons. The Bertz CT molecular complexity index is 1220. The largest absolute Gasteiger partial charge is 0.511 e. The summed E-state index contributed by atoms with van der Waals surface area (Å²) in [4.78, 5) is 28.0. The number of nitrogens with zero attached hydrogens (tertiary/aromatic N) is 2. The average Bonchev–Trinajstić information content (AvgIpc) is 3.38. The van der Waals surface area contributed by atoms with Gasteiger partial charge in [0, 0.05) is 12.1 Å². The molecule has 2 aliphatic heterocycles. The van der Waals surface area contributed by atoms with Gasteiger partial charge in [-0.3, -0.25) is 14.9 Å². The van der Waals surface area contributed by atoms with E-state index < -0.39 is 35.0 Å². The first-order valence-corrected chi connectivity index (χ1v) is 10.6. The van der Waals surface area contributed by atoms with Crippen LogP contribution in [0.1, 0.15) is 33.7 Å². The number of ketones is 1. The molecule has 1 N–H and O–H groups in total. The average molecular weight is 430 g/mol. The molecule has 0 amide bonds. The quantitative estimate of drug-likeness (QED) is 0.441. The molecule has 1 aliphatic carbocycles. The zero-order valence-electron chi connectivity index (χ0n) is 17.9. The lowest BCUT2D eigenvalue weighted by Gasteiger charge is -2.28. The third kappa shape index (κ3) is 2.66. The molecule has 0 radical (unpaired) electrons. The molecule has 0 unspecified atom stereocenters. The second-order valence-corrected chi connectivity index (χ2v) is 9.01. The summed E-state index contributed by atoms with van der Waals surface area (Å²) in [6.45, 7) is 13.6. The number of allylic oxidation sites excluding steroid dienone is 1. The lowest BCUT2D eigenvalue weighted by Crippen LogP contribution is -2.41. The fourth-order valence-corrected chi connectivity index (χ4v) is 6.04. The number of nitro groups is 1. The van der Waals surface area contributed by atoms with Gasteiger partial charge in [-0.1, -0.05) is 29.8 Å². The predicted molar refractivity (Wildman–Crippen MR) is 117 cm³/mol. The smallest absolute Gasteiger partial charge is 0.269 e. The van der Waals surface area contributed by atoms with Crippen LogP contribution in [0.4, 0.5) is 5.69 Å². The van der Waals surface area contributed by atoms with Crippen molar-refractivity contribution in [1.29, 1.82) is 0 Å². The molecule has 7 heteroatoms. The minimum absolute atomic E-state index is 0.0263. The van der Waals surface area contributed by atoms with Crippen LogP contribution in [0.25, 0.3) is 10.4 Å². The Morgan fingerprint density at radius 1 is 1.03 bits per heavy atom. The third-order valence-corrected chi connectivity index (χ3v) is 7.15. The summed E-state index contributed by atoms with van der Waals surface area (Å²) in [5.41, 5.74) is 4.77. The van der Waals surface area contributed by atoms with E-state index in [-0.39, 0.29) is 23.1 Å². The Morgan fingerprint density at radius 2 is 1.66 bits per heavy atom. The molecule has 3 aliphatic rings. The number of ether oxygens (including phenoxy) is 1. The van der Waals surface area contributed by atoms with Crippen LogP contribution >= 0.6 is 0 Å². The minimum Gasteiger partial charge on any atom is -0.511 e. The number of aliphatic hydroxyl groups excluding tert-OH is 1. The number of fused-ring (bicyclic) bond motifs is 5. The van der Waals surface area contributed by atoms with E-state index in [0.29, 0.717) is 5.57 Å². The van der Waals surface area contributed by atoms with Gasteiger partial charge in [0.15, 0.2) is 5.78 Å². The fraction of sp³-hybridized carbons (Fsp3) is 0.360. The minimum atomic E-state index is -0.588. The van der Waals surface area contributed by atoms with Crippen LogP contribution in [-0.4, -0.2) is 34.1 Å². The molecule has 7 nitrogen and oxygen atoms in total. The molecule has 2 aromatic rings. The molecule has 32 heavy (non-hydrogen) atoms. The van der Waals surface area contributed by atoms with Gasteiger partial charge in [-0.15, -0.1) is 0 Å². The molecule has 2 aromatic carbocycles. The number of benzene rings is 2. The van der Waals surface area contributed by atoms with E-state index in [1.54, 1.807) is 12.1 Å². The molecule has 2 bridgehead atoms. The lowest BCUT2D eigenvalue weighted by atomic mass is 9.69. The summed E-state index contributed by atoms with van der Waals surface area (Å²) in [5, 5.41) is 22.2. The Hall–Kier alpha value is -3.50. The Labute approximate surface area is 185 Å². The summed E-state index contributed by atoms with van der Waals surface area (Å²) in [6, 6.07) is 9.53. The van der Waals surface area contributed by atoms with Crippen molar-refractivity contribution < 1.29 is 19.6 Å². The second kappa shape index (κ2) is 7.01. The molecular formula is C25H22N2O5. The lowest BCUT2D eigenvalue weighted by molar-refractivity contribution is -0.384. The topological polar surface area (TPSA) is 94.0 Å². The second-order valence-electron chi connectivity index (χ2n) is 9.01. The first-order chi connectivity index (χ1) is 15.2. The molecular weight excluding hydrogens is 408 g/mol. The van der Waals surface area contributed by atoms with Gasteiger partial charge in [-0.05, 0) is 43.0 Å². The maximum absolute atomic E-state index is 13.6. The standard InChI is InChI=1S/C25H22N2O5/c1-11-9-12(2)16(13(3)10-11)18-22(28)19-20(23(18)29)25-21(26-4)17(24(19)32-25)14-5-7-15(8-6-14)27(30)31/h5-10,17,19-21,24-25,29H,1-3H3/t17-,19-,20+,21+,24-,25-/m1/s1. The van der Waals surface area contributed by atoms with E-state index >= 15 is 0 Å². The Morgan fingerprint density at radius 3 is 2.22 bits per heavy atom. The van der Waals surface area contributed by atoms with E-state index in [2.05, 4.69) is 4.85 Å². The summed E-state index contributed by atoms with van der Waals surface area (Å²) in [5.74, 6) is -1.59. The molecule has 0 saturated carbocycles. The van der Waals surface area contributed by atoms with Crippen LogP contribution in [0.2, 0.25) is 0 Å². The summed E-state index contributed by atoms with van der Waals surface area (Å²) in [6.07, 6.45) is -1.14. The van der Waals surface area contributed by atoms with Gasteiger partial charge in [0.1, 0.15) is 11.9 Å². The van der Waals surface area contributed by atoms with E-state index in [4.69, 9.17) is 11.3 Å². The Balaban J connectivity index is 1.57. The molecule has 0 aromatic heterocycles. The molecule has 2 fully saturated rings. The highest BCUT2D eigenvalue weighted by Crippen LogP contribution is 2.59. The number of rotatable bonds is 3. The Kier molecular flexibility index (Phi) is 4.47. The van der Waals surface area contributed by atoms with Gasteiger partial charge in [0.2, 0.25) is 0 Å². The van der Waals surface area contributed by atoms with Crippen LogP contribution in [0.3, 0.4) is 0 Å². The van der Waals surface area contributed by atoms with E-state index in [0.717, 1.165) is 27.8 Å². The first-order valence-electron chi connectivity index (χ1n) is 10.6. The summed E-state index contributed by atoms with van der Waals surface area (Å²) < 4.78 is 6.13. The fourth-order valence-electron chi connectivity index (χ4n) is 6.04. The number of Topliss-reactive ketones (excluding diaryl/α,β-unsaturated/α-hetero) is 1. The number of hydrogen-bond acceptors (Lipinski definition) is 5. The van der Waals surface area contributed by atoms with Crippen molar-refractivity contribution in [2.45, 2.75) is 44.9 Å². The maximum atomic E-state index is 13.6. The van der Waals surface area contributed by atoms with E-state index in [1.807, 2.05) is 32.9 Å². The number of carbonyl (C=O) groups is 1. The van der Waals surface area contributed by atoms with Crippen LogP contribution in [0, 0.1) is 49.3 Å². The summed E-state index contributed by atoms with van der Waals surface area (Å²) >= 11 is 0. The van der Waals surface area contributed by atoms with Crippen LogP contribution in [0.5, 0.6) is 0 Å². The monoisotopic (exact) mass is 430 g/mol. The van der Waals surface area contributed by atoms with Crippen molar-refractivity contribution in [3.05, 3.63) is 91.5 Å². The van der Waals surface area contributed by atoms with Crippen molar-refractivity contribution in [2.24, 2.45) is 11.8 Å². The molecule has 2 saturated heterocycles. The van der Waals surface area contributed by atoms with Crippen LogP contribution in [0.15, 0.2) is 42.2 Å². The first kappa shape index (κ1) is 20.4. The zero-order valence-corrected chi connectivity index (χ0v) is 17.9. The molecule has 2 heterocycles.